The molecular formula is C24H27FN2O. The molecule has 4 rings (SSSR count). The van der Waals surface area contributed by atoms with Crippen molar-refractivity contribution in [3.05, 3.63) is 77.6 Å². The van der Waals surface area contributed by atoms with Crippen LogP contribution in [0, 0.1) is 17.7 Å². The molecule has 0 bridgehead atoms. The zero-order valence-electron chi connectivity index (χ0n) is 16.3. The lowest BCUT2D eigenvalue weighted by Crippen LogP contribution is -2.35. The van der Waals surface area contributed by atoms with Gasteiger partial charge in [-0.05, 0) is 29.2 Å². The van der Waals surface area contributed by atoms with Crippen molar-refractivity contribution in [1.82, 2.24) is 9.80 Å². The van der Waals surface area contributed by atoms with E-state index in [2.05, 4.69) is 46.2 Å². The Bertz CT molecular complexity index is 833. The molecule has 0 saturated carbocycles. The first-order chi connectivity index (χ1) is 13.7. The maximum absolute atomic E-state index is 13.0. The Labute approximate surface area is 166 Å². The number of hydrogen-bond donors (Lipinski definition) is 0. The second kappa shape index (κ2) is 8.27. The molecule has 0 aliphatic carbocycles. The van der Waals surface area contributed by atoms with Gasteiger partial charge in [-0.2, -0.15) is 0 Å². The molecule has 2 aromatic rings. The van der Waals surface area contributed by atoms with Gasteiger partial charge in [-0.15, -0.1) is 0 Å². The van der Waals surface area contributed by atoms with Crippen molar-refractivity contribution in [2.24, 2.45) is 11.8 Å². The van der Waals surface area contributed by atoms with Crippen molar-refractivity contribution in [2.75, 3.05) is 26.2 Å². The van der Waals surface area contributed by atoms with Crippen molar-refractivity contribution in [2.45, 2.75) is 19.4 Å². The average molecular weight is 378 g/mol. The molecule has 0 radical (unpaired) electrons. The number of nitrogens with zero attached hydrogens (tertiary/aromatic N) is 2. The minimum absolute atomic E-state index is 0.185. The Balaban J connectivity index is 1.44. The molecule has 28 heavy (non-hydrogen) atoms. The molecule has 0 spiro atoms. The molecule has 3 atom stereocenters. The van der Waals surface area contributed by atoms with Crippen LogP contribution in [-0.4, -0.2) is 41.9 Å². The quantitative estimate of drug-likeness (QED) is 0.771. The van der Waals surface area contributed by atoms with Gasteiger partial charge in [0.15, 0.2) is 0 Å². The molecule has 0 unspecified atom stereocenters. The number of hydrogen-bond acceptors (Lipinski definition) is 2. The zero-order valence-corrected chi connectivity index (χ0v) is 16.3. The maximum atomic E-state index is 13.0. The lowest BCUT2D eigenvalue weighted by Gasteiger charge is -2.29. The van der Waals surface area contributed by atoms with E-state index in [1.165, 1.54) is 17.7 Å². The third-order valence-electron chi connectivity index (χ3n) is 6.05. The molecule has 2 saturated heterocycles. The molecule has 3 nitrogen and oxygen atoms in total. The number of likely N-dealkylation sites (tertiary alicyclic amines) is 2. The van der Waals surface area contributed by atoms with Crippen LogP contribution in [0.15, 0.2) is 60.7 Å². The Morgan fingerprint density at radius 1 is 1.07 bits per heavy atom. The van der Waals surface area contributed by atoms with Crippen LogP contribution < -0.4 is 0 Å². The fraction of sp³-hybridized carbons (Fsp3) is 0.375. The molecule has 0 aromatic heterocycles. The minimum Gasteiger partial charge on any atom is -0.335 e. The Morgan fingerprint density at radius 2 is 1.82 bits per heavy atom. The Morgan fingerprint density at radius 3 is 2.54 bits per heavy atom. The van der Waals surface area contributed by atoms with Gasteiger partial charge in [0.2, 0.25) is 5.91 Å². The van der Waals surface area contributed by atoms with Gasteiger partial charge in [0.05, 0.1) is 6.04 Å². The van der Waals surface area contributed by atoms with E-state index in [1.807, 2.05) is 13.0 Å². The van der Waals surface area contributed by atoms with Crippen molar-refractivity contribution in [3.8, 4) is 0 Å². The van der Waals surface area contributed by atoms with E-state index >= 15 is 0 Å². The van der Waals surface area contributed by atoms with E-state index in [-0.39, 0.29) is 17.8 Å². The van der Waals surface area contributed by atoms with Crippen LogP contribution in [0.1, 0.15) is 30.5 Å². The smallest absolute Gasteiger partial charge is 0.222 e. The molecule has 2 aliphatic rings. The normalized spacial score (nSPS) is 24.8. The van der Waals surface area contributed by atoms with E-state index in [9.17, 15) is 9.18 Å². The van der Waals surface area contributed by atoms with Gasteiger partial charge >= 0.3 is 0 Å². The number of amides is 1. The summed E-state index contributed by atoms with van der Waals surface area (Å²) in [6, 6.07) is 17.2. The van der Waals surface area contributed by atoms with Crippen LogP contribution in [0.25, 0.3) is 6.08 Å². The van der Waals surface area contributed by atoms with E-state index in [0.717, 1.165) is 31.7 Å². The van der Waals surface area contributed by atoms with Gasteiger partial charge in [-0.1, -0.05) is 61.5 Å². The number of carbonyl (C=O) groups excluding carboxylic acids is 1. The summed E-state index contributed by atoms with van der Waals surface area (Å²) in [5.41, 5.74) is 2.27. The Kier molecular flexibility index (Phi) is 5.58. The highest BCUT2D eigenvalue weighted by Crippen LogP contribution is 2.45. The molecule has 2 heterocycles. The van der Waals surface area contributed by atoms with Gasteiger partial charge in [-0.3, -0.25) is 9.69 Å². The topological polar surface area (TPSA) is 23.6 Å². The first-order valence-electron chi connectivity index (χ1n) is 10.1. The molecular weight excluding hydrogens is 351 g/mol. The maximum Gasteiger partial charge on any atom is 0.222 e. The second-order valence-electron chi connectivity index (χ2n) is 7.85. The SMILES string of the molecule is CCC(=O)N1C[C@@H]2CN(C/C=C/c3ccc(F)cc3)C[C@@H]2[C@H]1c1ccccc1. The summed E-state index contributed by atoms with van der Waals surface area (Å²) >= 11 is 0. The van der Waals surface area contributed by atoms with Crippen LogP contribution in [0.4, 0.5) is 4.39 Å². The third-order valence-corrected chi connectivity index (χ3v) is 6.05. The highest BCUT2D eigenvalue weighted by Gasteiger charge is 2.48. The number of halogens is 1. The summed E-state index contributed by atoms with van der Waals surface area (Å²) in [5.74, 6) is 1.06. The summed E-state index contributed by atoms with van der Waals surface area (Å²) in [6.45, 7) is 5.72. The summed E-state index contributed by atoms with van der Waals surface area (Å²) < 4.78 is 13.0. The summed E-state index contributed by atoms with van der Waals surface area (Å²) in [6.07, 6.45) is 4.77. The average Bonchev–Trinajstić information content (AvgIpc) is 3.27. The highest BCUT2D eigenvalue weighted by molar-refractivity contribution is 5.77. The van der Waals surface area contributed by atoms with Gasteiger partial charge in [0.1, 0.15) is 5.82 Å². The lowest BCUT2D eigenvalue weighted by atomic mass is 9.89. The fourth-order valence-corrected chi connectivity index (χ4v) is 4.74. The van der Waals surface area contributed by atoms with Crippen LogP contribution in [0.3, 0.4) is 0 Å². The fourth-order valence-electron chi connectivity index (χ4n) is 4.74. The van der Waals surface area contributed by atoms with E-state index in [4.69, 9.17) is 0 Å². The second-order valence-corrected chi connectivity index (χ2v) is 7.85. The van der Waals surface area contributed by atoms with Crippen LogP contribution in [0.2, 0.25) is 0 Å². The number of carbonyl (C=O) groups is 1. The van der Waals surface area contributed by atoms with Gasteiger partial charge < -0.3 is 4.90 Å². The number of benzene rings is 2. The molecule has 4 heteroatoms. The summed E-state index contributed by atoms with van der Waals surface area (Å²) in [5, 5.41) is 0. The number of rotatable bonds is 5. The first-order valence-corrected chi connectivity index (χ1v) is 10.1. The van der Waals surface area contributed by atoms with Crippen LogP contribution >= 0.6 is 0 Å². The largest absolute Gasteiger partial charge is 0.335 e. The molecule has 2 fully saturated rings. The van der Waals surface area contributed by atoms with Gasteiger partial charge in [-0.25, -0.2) is 4.39 Å². The highest BCUT2D eigenvalue weighted by atomic mass is 19.1. The van der Waals surface area contributed by atoms with Crippen molar-refractivity contribution >= 4 is 12.0 Å². The molecule has 1 amide bonds. The van der Waals surface area contributed by atoms with Gasteiger partial charge in [0, 0.05) is 38.5 Å². The van der Waals surface area contributed by atoms with E-state index in [1.54, 1.807) is 12.1 Å². The summed E-state index contributed by atoms with van der Waals surface area (Å²) in [4.78, 5) is 17.1. The predicted molar refractivity (Wildman–Crippen MR) is 110 cm³/mol. The zero-order chi connectivity index (χ0) is 19.5. The first kappa shape index (κ1) is 18.9. The Hall–Kier alpha value is -2.46. The van der Waals surface area contributed by atoms with E-state index in [0.29, 0.717) is 18.3 Å². The summed E-state index contributed by atoms with van der Waals surface area (Å²) in [7, 11) is 0. The van der Waals surface area contributed by atoms with Crippen molar-refractivity contribution in [1.29, 1.82) is 0 Å². The monoisotopic (exact) mass is 378 g/mol. The minimum atomic E-state index is -0.206. The molecule has 0 N–H and O–H groups in total. The van der Waals surface area contributed by atoms with Crippen LogP contribution in [0.5, 0.6) is 0 Å². The van der Waals surface area contributed by atoms with E-state index < -0.39 is 0 Å². The standard InChI is InChI=1S/C24H27FN2O/c1-2-23(28)27-16-20-15-26(14-6-7-18-10-12-21(25)13-11-18)17-22(20)24(27)19-8-4-3-5-9-19/h3-13,20,22,24H,2,14-17H2,1H3/b7-6+/t20-,22-,24+/m0/s1. The van der Waals surface area contributed by atoms with Crippen molar-refractivity contribution < 1.29 is 9.18 Å². The lowest BCUT2D eigenvalue weighted by molar-refractivity contribution is -0.132. The van der Waals surface area contributed by atoms with Gasteiger partial charge in [0.25, 0.3) is 0 Å². The third kappa shape index (κ3) is 3.88. The predicted octanol–water partition coefficient (Wildman–Crippen LogP) is 4.38. The molecule has 2 aliphatic heterocycles. The number of fused-ring (bicyclic) bond motifs is 1. The van der Waals surface area contributed by atoms with Crippen molar-refractivity contribution in [3.63, 3.8) is 0 Å². The molecule has 146 valence electrons. The van der Waals surface area contributed by atoms with Crippen LogP contribution in [-0.2, 0) is 4.79 Å². The molecule has 2 aromatic carbocycles.